The lowest BCUT2D eigenvalue weighted by molar-refractivity contribution is -0.0447. The molecule has 2 amide bonds. The molecule has 2 aromatic rings. The minimum absolute atomic E-state index is 0.0678. The van der Waals surface area contributed by atoms with Crippen LogP contribution in [0.4, 0.5) is 10.5 Å². The summed E-state index contributed by atoms with van der Waals surface area (Å²) in [6.45, 7) is 1.98. The number of ether oxygens (including phenoxy) is 2. The van der Waals surface area contributed by atoms with Crippen molar-refractivity contribution >= 4 is 11.7 Å². The summed E-state index contributed by atoms with van der Waals surface area (Å²) in [4.78, 5) is 12.6. The predicted molar refractivity (Wildman–Crippen MR) is 114 cm³/mol. The first-order valence-corrected chi connectivity index (χ1v) is 10.7. The van der Waals surface area contributed by atoms with Gasteiger partial charge in [0.05, 0.1) is 25.4 Å². The maximum Gasteiger partial charge on any atom is 0.319 e. The van der Waals surface area contributed by atoms with Gasteiger partial charge in [-0.2, -0.15) is 0 Å². The van der Waals surface area contributed by atoms with Gasteiger partial charge >= 0.3 is 6.03 Å². The molecule has 1 saturated carbocycles. The summed E-state index contributed by atoms with van der Waals surface area (Å²) in [6.07, 6.45) is 5.99. The lowest BCUT2D eigenvalue weighted by atomic mass is 10.0. The molecule has 1 aliphatic heterocycles. The van der Waals surface area contributed by atoms with E-state index >= 15 is 0 Å². The standard InChI is InChI=1S/C24H30N2O3/c27-24(26-23(20-12-13-20)19-8-2-1-3-9-19)25-21-10-6-7-18(15-21)16-28-17-22-11-4-5-14-29-22/h1-3,6-10,15,20,22-23H,4-5,11-14,16-17H2,(H2,25,26,27). The SMILES string of the molecule is O=C(Nc1cccc(COCC2CCCCO2)c1)NC(c1ccccc1)C1CC1. The van der Waals surface area contributed by atoms with Crippen molar-refractivity contribution in [3.63, 3.8) is 0 Å². The van der Waals surface area contributed by atoms with Crippen LogP contribution in [0.25, 0.3) is 0 Å². The number of rotatable bonds is 8. The van der Waals surface area contributed by atoms with Gasteiger partial charge in [0.25, 0.3) is 0 Å². The van der Waals surface area contributed by atoms with Gasteiger partial charge in [-0.15, -0.1) is 0 Å². The van der Waals surface area contributed by atoms with E-state index in [9.17, 15) is 4.79 Å². The molecule has 2 aromatic carbocycles. The smallest absolute Gasteiger partial charge is 0.319 e. The summed E-state index contributed by atoms with van der Waals surface area (Å²) in [5.74, 6) is 0.532. The van der Waals surface area contributed by atoms with Crippen LogP contribution in [0.5, 0.6) is 0 Å². The topological polar surface area (TPSA) is 59.6 Å². The zero-order chi connectivity index (χ0) is 19.9. The van der Waals surface area contributed by atoms with E-state index in [-0.39, 0.29) is 18.2 Å². The third-order valence-electron chi connectivity index (χ3n) is 5.57. The summed E-state index contributed by atoms with van der Waals surface area (Å²) in [7, 11) is 0. The fraction of sp³-hybridized carbons (Fsp3) is 0.458. The van der Waals surface area contributed by atoms with Gasteiger partial charge in [-0.05, 0) is 61.3 Å². The second kappa shape index (κ2) is 9.90. The Morgan fingerprint density at radius 1 is 1.07 bits per heavy atom. The van der Waals surface area contributed by atoms with E-state index in [0.29, 0.717) is 19.1 Å². The lowest BCUT2D eigenvalue weighted by Gasteiger charge is -2.22. The quantitative estimate of drug-likeness (QED) is 0.659. The molecule has 2 N–H and O–H groups in total. The molecule has 2 fully saturated rings. The Hall–Kier alpha value is -2.37. The Bertz CT molecular complexity index is 786. The number of nitrogens with one attached hydrogen (secondary N) is 2. The Morgan fingerprint density at radius 3 is 2.69 bits per heavy atom. The number of anilines is 1. The summed E-state index contributed by atoms with van der Waals surface area (Å²) in [6, 6.07) is 17.9. The van der Waals surface area contributed by atoms with Crippen LogP contribution in [0, 0.1) is 5.92 Å². The van der Waals surface area contributed by atoms with E-state index in [2.05, 4.69) is 22.8 Å². The Labute approximate surface area is 172 Å². The summed E-state index contributed by atoms with van der Waals surface area (Å²) in [5.41, 5.74) is 2.98. The van der Waals surface area contributed by atoms with Gasteiger partial charge in [0.15, 0.2) is 0 Å². The molecular weight excluding hydrogens is 364 g/mol. The molecule has 1 aliphatic carbocycles. The van der Waals surface area contributed by atoms with Crippen molar-refractivity contribution < 1.29 is 14.3 Å². The minimum Gasteiger partial charge on any atom is -0.376 e. The minimum atomic E-state index is -0.167. The van der Waals surface area contributed by atoms with E-state index in [1.54, 1.807) is 0 Å². The number of urea groups is 1. The Morgan fingerprint density at radius 2 is 1.93 bits per heavy atom. The fourth-order valence-corrected chi connectivity index (χ4v) is 3.86. The van der Waals surface area contributed by atoms with Crippen LogP contribution in [0.1, 0.15) is 49.3 Å². The highest BCUT2D eigenvalue weighted by molar-refractivity contribution is 5.89. The number of amides is 2. The molecule has 1 heterocycles. The second-order valence-corrected chi connectivity index (χ2v) is 8.03. The Balaban J connectivity index is 1.28. The highest BCUT2D eigenvalue weighted by atomic mass is 16.5. The molecule has 0 aromatic heterocycles. The largest absolute Gasteiger partial charge is 0.376 e. The van der Waals surface area contributed by atoms with E-state index in [1.807, 2.05) is 42.5 Å². The molecule has 4 rings (SSSR count). The average molecular weight is 395 g/mol. The van der Waals surface area contributed by atoms with Crippen LogP contribution in [-0.2, 0) is 16.1 Å². The van der Waals surface area contributed by atoms with Crippen LogP contribution >= 0.6 is 0 Å². The monoisotopic (exact) mass is 394 g/mol. The van der Waals surface area contributed by atoms with Crippen LogP contribution < -0.4 is 10.6 Å². The Kier molecular flexibility index (Phi) is 6.80. The first-order valence-electron chi connectivity index (χ1n) is 10.7. The van der Waals surface area contributed by atoms with Crippen molar-refractivity contribution in [3.05, 3.63) is 65.7 Å². The fourth-order valence-electron chi connectivity index (χ4n) is 3.86. The van der Waals surface area contributed by atoms with E-state index in [0.717, 1.165) is 49.1 Å². The van der Waals surface area contributed by atoms with Gasteiger partial charge in [0, 0.05) is 12.3 Å². The molecule has 2 aliphatic rings. The van der Waals surface area contributed by atoms with Gasteiger partial charge in [-0.1, -0.05) is 42.5 Å². The first-order chi connectivity index (χ1) is 14.3. The molecule has 154 valence electrons. The number of benzene rings is 2. The molecule has 0 spiro atoms. The lowest BCUT2D eigenvalue weighted by Crippen LogP contribution is -2.33. The van der Waals surface area contributed by atoms with Gasteiger partial charge in [0.1, 0.15) is 0 Å². The van der Waals surface area contributed by atoms with Crippen LogP contribution in [-0.4, -0.2) is 25.3 Å². The zero-order valence-electron chi connectivity index (χ0n) is 16.8. The predicted octanol–water partition coefficient (Wildman–Crippen LogP) is 5.05. The molecule has 2 atom stereocenters. The van der Waals surface area contributed by atoms with Crippen LogP contribution in [0.3, 0.4) is 0 Å². The molecular formula is C24H30N2O3. The molecule has 2 unspecified atom stereocenters. The van der Waals surface area contributed by atoms with Crippen molar-refractivity contribution in [2.75, 3.05) is 18.5 Å². The molecule has 29 heavy (non-hydrogen) atoms. The van der Waals surface area contributed by atoms with E-state index < -0.39 is 0 Å². The van der Waals surface area contributed by atoms with Gasteiger partial charge in [-0.25, -0.2) is 4.79 Å². The molecule has 0 bridgehead atoms. The number of hydrogen-bond donors (Lipinski definition) is 2. The molecule has 5 heteroatoms. The second-order valence-electron chi connectivity index (χ2n) is 8.03. The van der Waals surface area contributed by atoms with Crippen molar-refractivity contribution in [1.82, 2.24) is 5.32 Å². The maximum absolute atomic E-state index is 12.6. The maximum atomic E-state index is 12.6. The summed E-state index contributed by atoms with van der Waals surface area (Å²) in [5, 5.41) is 6.13. The highest BCUT2D eigenvalue weighted by Gasteiger charge is 2.33. The number of carbonyl (C=O) groups excluding carboxylic acids is 1. The van der Waals surface area contributed by atoms with Gasteiger partial charge < -0.3 is 20.1 Å². The van der Waals surface area contributed by atoms with E-state index in [4.69, 9.17) is 9.47 Å². The molecule has 5 nitrogen and oxygen atoms in total. The number of hydrogen-bond acceptors (Lipinski definition) is 3. The van der Waals surface area contributed by atoms with Crippen LogP contribution in [0.15, 0.2) is 54.6 Å². The average Bonchev–Trinajstić information content (AvgIpc) is 3.59. The van der Waals surface area contributed by atoms with Gasteiger partial charge in [-0.3, -0.25) is 0 Å². The van der Waals surface area contributed by atoms with Crippen molar-refractivity contribution in [2.45, 2.75) is 50.9 Å². The molecule has 1 saturated heterocycles. The summed E-state index contributed by atoms with van der Waals surface area (Å²) < 4.78 is 11.5. The van der Waals surface area contributed by atoms with Crippen LogP contribution in [0.2, 0.25) is 0 Å². The number of carbonyl (C=O) groups is 1. The third kappa shape index (κ3) is 6.05. The normalized spacial score (nSPS) is 20.1. The summed E-state index contributed by atoms with van der Waals surface area (Å²) >= 11 is 0. The van der Waals surface area contributed by atoms with Crippen molar-refractivity contribution in [3.8, 4) is 0 Å². The van der Waals surface area contributed by atoms with E-state index in [1.165, 1.54) is 6.42 Å². The molecule has 0 radical (unpaired) electrons. The van der Waals surface area contributed by atoms with Gasteiger partial charge in [0.2, 0.25) is 0 Å². The van der Waals surface area contributed by atoms with Crippen molar-refractivity contribution in [1.29, 1.82) is 0 Å². The zero-order valence-corrected chi connectivity index (χ0v) is 16.8. The van der Waals surface area contributed by atoms with Crippen molar-refractivity contribution in [2.24, 2.45) is 5.92 Å². The highest BCUT2D eigenvalue weighted by Crippen LogP contribution is 2.40. The third-order valence-corrected chi connectivity index (χ3v) is 5.57. The first kappa shape index (κ1) is 19.9.